The van der Waals surface area contributed by atoms with Crippen LogP contribution in [-0.4, -0.2) is 66.0 Å². The Morgan fingerprint density at radius 1 is 1.24 bits per heavy atom. The summed E-state index contributed by atoms with van der Waals surface area (Å²) >= 11 is 0. The number of hydrogen-bond donors (Lipinski definition) is 0. The number of halogens is 3. The number of carbonyl (C=O) groups is 1. The van der Waals surface area contributed by atoms with Gasteiger partial charge in [-0.2, -0.15) is 13.2 Å². The number of nitrogens with zero attached hydrogens (tertiary/aromatic N) is 3. The van der Waals surface area contributed by atoms with E-state index >= 15 is 0 Å². The van der Waals surface area contributed by atoms with Crippen molar-refractivity contribution in [3.8, 4) is 22.8 Å². The summed E-state index contributed by atoms with van der Waals surface area (Å²) in [7, 11) is 1.33. The number of carbonyl (C=O) groups excluding carboxylic acids is 1. The Morgan fingerprint density at radius 2 is 2.09 bits per heavy atom. The molecule has 0 amide bonds. The number of methoxy groups -OCH3 is 1. The molecule has 0 aliphatic carbocycles. The van der Waals surface area contributed by atoms with Gasteiger partial charge in [-0.3, -0.25) is 9.20 Å². The van der Waals surface area contributed by atoms with E-state index in [1.807, 2.05) is 0 Å². The molecule has 1 atom stereocenters. The van der Waals surface area contributed by atoms with Crippen molar-refractivity contribution in [2.24, 2.45) is 0 Å². The fourth-order valence-electron chi connectivity index (χ4n) is 3.41. The molecule has 11 heteroatoms. The number of ketones is 1. The maximum Gasteiger partial charge on any atom is 0.389 e. The van der Waals surface area contributed by atoms with Crippen LogP contribution in [0.1, 0.15) is 23.3 Å². The predicted octanol–water partition coefficient (Wildman–Crippen LogP) is 3.72. The number of alkyl halides is 3. The van der Waals surface area contributed by atoms with Gasteiger partial charge < -0.3 is 18.9 Å². The van der Waals surface area contributed by atoms with Crippen LogP contribution in [-0.2, 0) is 9.47 Å². The highest BCUT2D eigenvalue weighted by molar-refractivity contribution is 5.97. The summed E-state index contributed by atoms with van der Waals surface area (Å²) in [6, 6.07) is 5.11. The van der Waals surface area contributed by atoms with Crippen molar-refractivity contribution in [3.63, 3.8) is 0 Å². The molecule has 0 N–H and O–H groups in total. The molecule has 1 aliphatic rings. The van der Waals surface area contributed by atoms with Gasteiger partial charge in [-0.1, -0.05) is 0 Å². The van der Waals surface area contributed by atoms with Crippen LogP contribution in [0.5, 0.6) is 11.5 Å². The van der Waals surface area contributed by atoms with E-state index in [0.717, 1.165) is 0 Å². The molecule has 0 unspecified atom stereocenters. The van der Waals surface area contributed by atoms with Crippen molar-refractivity contribution in [1.82, 2.24) is 14.4 Å². The molecule has 8 nitrogen and oxygen atoms in total. The molecule has 0 saturated carbocycles. The topological polar surface area (TPSA) is 84.2 Å². The average molecular weight is 465 g/mol. The molecule has 176 valence electrons. The molecule has 0 aromatic carbocycles. The Kier molecular flexibility index (Phi) is 6.80. The highest BCUT2D eigenvalue weighted by atomic mass is 19.4. The molecule has 1 saturated heterocycles. The Hall–Kier alpha value is -3.18. The van der Waals surface area contributed by atoms with Crippen LogP contribution in [0.4, 0.5) is 13.2 Å². The zero-order valence-corrected chi connectivity index (χ0v) is 17.8. The fraction of sp³-hybridized carbons (Fsp3) is 0.409. The second-order valence-corrected chi connectivity index (χ2v) is 7.43. The van der Waals surface area contributed by atoms with Crippen LogP contribution in [0.25, 0.3) is 16.9 Å². The van der Waals surface area contributed by atoms with E-state index in [4.69, 9.17) is 18.9 Å². The molecule has 4 rings (SSSR count). The van der Waals surface area contributed by atoms with Crippen molar-refractivity contribution < 1.29 is 36.9 Å². The van der Waals surface area contributed by atoms with Gasteiger partial charge in [-0.15, -0.1) is 0 Å². The third-order valence-corrected chi connectivity index (χ3v) is 5.07. The summed E-state index contributed by atoms with van der Waals surface area (Å²) in [5.74, 6) is -0.0116. The largest absolute Gasteiger partial charge is 0.494 e. The lowest BCUT2D eigenvalue weighted by atomic mass is 10.1. The molecule has 0 radical (unpaired) electrons. The van der Waals surface area contributed by atoms with Crippen LogP contribution in [0.3, 0.4) is 0 Å². The molecule has 4 heterocycles. The normalized spacial score (nSPS) is 16.7. The minimum atomic E-state index is -4.42. The first kappa shape index (κ1) is 23.0. The number of pyridine rings is 2. The lowest BCUT2D eigenvalue weighted by molar-refractivity contribution is -0.133. The standard InChI is InChI=1S/C22H22F3N3O5/c1-30-19-8-14(10-27-21(19)18(29)2-4-22(23,24)25)17-11-26-20-9-15(3-5-28(17)20)33-13-16-12-31-6-7-32-16/h3,5,8-11,16H,2,4,6-7,12-13H2,1H3/t16-/m1/s1. The Labute approximate surface area is 187 Å². The first-order valence-corrected chi connectivity index (χ1v) is 10.3. The predicted molar refractivity (Wildman–Crippen MR) is 111 cm³/mol. The maximum absolute atomic E-state index is 12.4. The van der Waals surface area contributed by atoms with E-state index in [9.17, 15) is 18.0 Å². The molecular weight excluding hydrogens is 443 g/mol. The number of rotatable bonds is 8. The minimum Gasteiger partial charge on any atom is -0.494 e. The van der Waals surface area contributed by atoms with Crippen LogP contribution in [0, 0.1) is 0 Å². The summed E-state index contributed by atoms with van der Waals surface area (Å²) in [6.07, 6.45) is -1.63. The van der Waals surface area contributed by atoms with Gasteiger partial charge in [-0.05, 0) is 12.1 Å². The third kappa shape index (κ3) is 5.60. The molecule has 0 spiro atoms. The molecule has 33 heavy (non-hydrogen) atoms. The van der Waals surface area contributed by atoms with Gasteiger partial charge in [0, 0.05) is 30.4 Å². The first-order valence-electron chi connectivity index (χ1n) is 10.3. The summed E-state index contributed by atoms with van der Waals surface area (Å²) < 4.78 is 61.1. The number of Topliss-reactive ketones (excluding diaryl/α,β-unsaturated/α-hetero) is 1. The molecule has 3 aromatic heterocycles. The summed E-state index contributed by atoms with van der Waals surface area (Å²) in [5, 5.41) is 0. The second-order valence-electron chi connectivity index (χ2n) is 7.43. The van der Waals surface area contributed by atoms with E-state index in [1.54, 1.807) is 35.0 Å². The van der Waals surface area contributed by atoms with Crippen molar-refractivity contribution in [2.45, 2.75) is 25.1 Å². The number of imidazole rings is 1. The van der Waals surface area contributed by atoms with Crippen molar-refractivity contribution in [2.75, 3.05) is 33.5 Å². The Morgan fingerprint density at radius 3 is 2.82 bits per heavy atom. The minimum absolute atomic E-state index is 0.101. The maximum atomic E-state index is 12.4. The van der Waals surface area contributed by atoms with Gasteiger partial charge in [0.25, 0.3) is 0 Å². The Bertz CT molecular complexity index is 1130. The van der Waals surface area contributed by atoms with Crippen molar-refractivity contribution in [1.29, 1.82) is 0 Å². The first-order chi connectivity index (χ1) is 15.8. The van der Waals surface area contributed by atoms with Crippen LogP contribution in [0.15, 0.2) is 36.8 Å². The van der Waals surface area contributed by atoms with Gasteiger partial charge in [0.15, 0.2) is 5.78 Å². The zero-order valence-electron chi connectivity index (χ0n) is 17.8. The highest BCUT2D eigenvalue weighted by Crippen LogP contribution is 2.29. The molecular formula is C22H22F3N3O5. The van der Waals surface area contributed by atoms with Gasteiger partial charge in [0.1, 0.15) is 35.6 Å². The fourth-order valence-corrected chi connectivity index (χ4v) is 3.41. The van der Waals surface area contributed by atoms with Gasteiger partial charge in [0.05, 0.1) is 45.2 Å². The van der Waals surface area contributed by atoms with E-state index in [-0.39, 0.29) is 17.5 Å². The highest BCUT2D eigenvalue weighted by Gasteiger charge is 2.29. The number of hydrogen-bond acceptors (Lipinski definition) is 7. The zero-order chi connectivity index (χ0) is 23.4. The summed E-state index contributed by atoms with van der Waals surface area (Å²) in [5.41, 5.74) is 1.74. The van der Waals surface area contributed by atoms with Crippen LogP contribution >= 0.6 is 0 Å². The van der Waals surface area contributed by atoms with Crippen LogP contribution < -0.4 is 9.47 Å². The lowest BCUT2D eigenvalue weighted by Gasteiger charge is -2.22. The molecule has 1 aliphatic heterocycles. The lowest BCUT2D eigenvalue weighted by Crippen LogP contribution is -2.33. The number of fused-ring (bicyclic) bond motifs is 1. The number of aromatic nitrogens is 3. The van der Waals surface area contributed by atoms with Crippen LogP contribution in [0.2, 0.25) is 0 Å². The average Bonchev–Trinajstić information content (AvgIpc) is 3.24. The molecule has 0 bridgehead atoms. The smallest absolute Gasteiger partial charge is 0.389 e. The summed E-state index contributed by atoms with van der Waals surface area (Å²) in [4.78, 5) is 20.7. The summed E-state index contributed by atoms with van der Waals surface area (Å²) in [6.45, 7) is 1.97. The molecule has 3 aromatic rings. The van der Waals surface area contributed by atoms with E-state index in [0.29, 0.717) is 49.1 Å². The Balaban J connectivity index is 1.51. The quantitative estimate of drug-likeness (QED) is 0.469. The van der Waals surface area contributed by atoms with E-state index in [1.165, 1.54) is 13.3 Å². The van der Waals surface area contributed by atoms with E-state index in [2.05, 4.69) is 9.97 Å². The number of ether oxygens (including phenoxy) is 4. The van der Waals surface area contributed by atoms with Crippen molar-refractivity contribution in [3.05, 3.63) is 42.5 Å². The van der Waals surface area contributed by atoms with E-state index < -0.39 is 24.8 Å². The third-order valence-electron chi connectivity index (χ3n) is 5.07. The SMILES string of the molecule is COc1cc(-c2cnc3cc(OC[C@H]4COCCO4)ccn23)cnc1C(=O)CCC(F)(F)F. The van der Waals surface area contributed by atoms with Gasteiger partial charge in [-0.25, -0.2) is 9.97 Å². The van der Waals surface area contributed by atoms with Crippen molar-refractivity contribution >= 4 is 11.4 Å². The second kappa shape index (κ2) is 9.75. The van der Waals surface area contributed by atoms with Gasteiger partial charge in [0.2, 0.25) is 0 Å². The monoisotopic (exact) mass is 465 g/mol. The molecule has 1 fully saturated rings. The van der Waals surface area contributed by atoms with Gasteiger partial charge >= 0.3 is 6.18 Å².